The molecule has 1 aromatic carbocycles. The van der Waals surface area contributed by atoms with Crippen LogP contribution in [0.25, 0.3) is 11.3 Å². The molecule has 10 heteroatoms. The number of rotatable bonds is 5. The number of hydrogen-bond donors (Lipinski definition) is 3. The molecule has 0 aliphatic rings. The number of carbonyl (C=O) groups excluding carboxylic acids is 2. The summed E-state index contributed by atoms with van der Waals surface area (Å²) in [6, 6.07) is 6.85. The second-order valence-electron chi connectivity index (χ2n) is 5.31. The van der Waals surface area contributed by atoms with Gasteiger partial charge >= 0.3 is 5.97 Å². The van der Waals surface area contributed by atoms with Gasteiger partial charge in [0.05, 0.1) is 5.69 Å². The lowest BCUT2D eigenvalue weighted by molar-refractivity contribution is -0.114. The van der Waals surface area contributed by atoms with Crippen molar-refractivity contribution < 1.29 is 19.5 Å². The van der Waals surface area contributed by atoms with Crippen molar-refractivity contribution in [1.29, 1.82) is 0 Å². The number of nitrogens with one attached hydrogen (secondary N) is 2. The highest BCUT2D eigenvalue weighted by molar-refractivity contribution is 7.14. The van der Waals surface area contributed by atoms with Gasteiger partial charge in [0, 0.05) is 35.9 Å². The molecule has 2 heterocycles. The van der Waals surface area contributed by atoms with Gasteiger partial charge in [-0.1, -0.05) is 12.1 Å². The summed E-state index contributed by atoms with van der Waals surface area (Å²) in [4.78, 5) is 46.4. The molecule has 0 saturated carbocycles. The molecule has 136 valence electrons. The van der Waals surface area contributed by atoms with Crippen LogP contribution in [0.2, 0.25) is 0 Å². The van der Waals surface area contributed by atoms with Crippen LogP contribution in [0.1, 0.15) is 27.9 Å². The minimum absolute atomic E-state index is 0.213. The maximum atomic E-state index is 12.4. The monoisotopic (exact) mass is 383 g/mol. The average Bonchev–Trinajstić information content (AvgIpc) is 3.09. The van der Waals surface area contributed by atoms with E-state index in [-0.39, 0.29) is 11.6 Å². The van der Waals surface area contributed by atoms with Gasteiger partial charge in [-0.2, -0.15) is 0 Å². The van der Waals surface area contributed by atoms with Crippen LogP contribution in [0.15, 0.2) is 42.0 Å². The van der Waals surface area contributed by atoms with Crippen LogP contribution in [0.5, 0.6) is 0 Å². The van der Waals surface area contributed by atoms with E-state index in [1.807, 2.05) is 0 Å². The molecular formula is C17H13N5O4S. The van der Waals surface area contributed by atoms with Crippen molar-refractivity contribution in [2.75, 3.05) is 10.6 Å². The first-order valence-electron chi connectivity index (χ1n) is 7.63. The molecule has 2 aromatic heterocycles. The van der Waals surface area contributed by atoms with Gasteiger partial charge in [0.1, 0.15) is 0 Å². The topological polar surface area (TPSA) is 134 Å². The number of thiazole rings is 1. The molecule has 0 spiro atoms. The fourth-order valence-corrected chi connectivity index (χ4v) is 2.99. The molecular weight excluding hydrogens is 370 g/mol. The summed E-state index contributed by atoms with van der Waals surface area (Å²) >= 11 is 1.28. The third-order valence-corrected chi connectivity index (χ3v) is 4.08. The summed E-state index contributed by atoms with van der Waals surface area (Å²) in [5.41, 5.74) is 1.08. The van der Waals surface area contributed by atoms with Crippen molar-refractivity contribution in [1.82, 2.24) is 15.0 Å². The first kappa shape index (κ1) is 18.1. The largest absolute Gasteiger partial charge is 0.476 e. The zero-order valence-electron chi connectivity index (χ0n) is 14.0. The Bertz CT molecular complexity index is 1030. The van der Waals surface area contributed by atoms with E-state index in [9.17, 15) is 14.4 Å². The van der Waals surface area contributed by atoms with Gasteiger partial charge in [-0.15, -0.1) is 11.3 Å². The predicted octanol–water partition coefficient (Wildman–Crippen LogP) is 2.51. The minimum atomic E-state index is -1.34. The molecule has 27 heavy (non-hydrogen) atoms. The number of nitrogens with zero attached hydrogens (tertiary/aromatic N) is 3. The van der Waals surface area contributed by atoms with E-state index in [0.29, 0.717) is 16.5 Å². The molecule has 0 unspecified atom stereocenters. The molecule has 0 aliphatic heterocycles. The molecule has 9 nitrogen and oxygen atoms in total. The Morgan fingerprint density at radius 1 is 1.07 bits per heavy atom. The number of hydrogen-bond acceptors (Lipinski definition) is 7. The number of amides is 2. The van der Waals surface area contributed by atoms with Gasteiger partial charge in [-0.05, 0) is 12.1 Å². The Kier molecular flexibility index (Phi) is 5.18. The smallest absolute Gasteiger partial charge is 0.356 e. The number of carboxylic acids is 1. The van der Waals surface area contributed by atoms with Gasteiger partial charge in [-0.3, -0.25) is 9.59 Å². The quantitative estimate of drug-likeness (QED) is 0.616. The molecule has 0 radical (unpaired) electrons. The van der Waals surface area contributed by atoms with E-state index < -0.39 is 17.6 Å². The highest BCUT2D eigenvalue weighted by atomic mass is 32.1. The number of carboxylic acid groups (broad SMARTS) is 1. The Balaban J connectivity index is 1.82. The van der Waals surface area contributed by atoms with Crippen LogP contribution in [-0.2, 0) is 4.79 Å². The van der Waals surface area contributed by atoms with Gasteiger partial charge in [0.25, 0.3) is 5.91 Å². The van der Waals surface area contributed by atoms with Crippen LogP contribution in [-0.4, -0.2) is 37.8 Å². The lowest BCUT2D eigenvalue weighted by Crippen LogP contribution is -2.19. The molecule has 0 fully saturated rings. The summed E-state index contributed by atoms with van der Waals surface area (Å²) < 4.78 is 0. The molecule has 3 rings (SSSR count). The van der Waals surface area contributed by atoms with Crippen LogP contribution in [0, 0.1) is 0 Å². The van der Waals surface area contributed by atoms with Gasteiger partial charge in [0.15, 0.2) is 16.5 Å². The summed E-state index contributed by atoms with van der Waals surface area (Å²) in [5, 5.41) is 16.6. The van der Waals surface area contributed by atoms with Crippen molar-refractivity contribution in [2.24, 2.45) is 0 Å². The van der Waals surface area contributed by atoms with Crippen molar-refractivity contribution in [3.05, 3.63) is 53.4 Å². The van der Waals surface area contributed by atoms with Crippen molar-refractivity contribution in [2.45, 2.75) is 6.92 Å². The Labute approximate surface area is 157 Å². The second-order valence-corrected chi connectivity index (χ2v) is 6.17. The first-order chi connectivity index (χ1) is 12.9. The van der Waals surface area contributed by atoms with Gasteiger partial charge in [0.2, 0.25) is 5.91 Å². The Morgan fingerprint density at radius 3 is 2.52 bits per heavy atom. The van der Waals surface area contributed by atoms with Crippen molar-refractivity contribution >= 4 is 39.9 Å². The number of aromatic nitrogens is 3. The van der Waals surface area contributed by atoms with Crippen molar-refractivity contribution in [3.63, 3.8) is 0 Å². The highest BCUT2D eigenvalue weighted by Crippen LogP contribution is 2.27. The van der Waals surface area contributed by atoms with Crippen LogP contribution >= 0.6 is 11.3 Å². The average molecular weight is 383 g/mol. The summed E-state index contributed by atoms with van der Waals surface area (Å²) in [6.45, 7) is 1.40. The highest BCUT2D eigenvalue weighted by Gasteiger charge is 2.19. The Hall–Kier alpha value is -3.66. The fraction of sp³-hybridized carbons (Fsp3) is 0.0588. The maximum absolute atomic E-state index is 12.4. The lowest BCUT2D eigenvalue weighted by Gasteiger charge is -2.07. The van der Waals surface area contributed by atoms with E-state index >= 15 is 0 Å². The number of anilines is 2. The SMILES string of the molecule is CC(=O)Nc1nc(-c2cccc(NC(=O)c3nccnc3C(=O)O)c2)cs1. The Morgan fingerprint density at radius 2 is 1.81 bits per heavy atom. The zero-order chi connectivity index (χ0) is 19.4. The second kappa shape index (κ2) is 7.70. The molecule has 0 atom stereocenters. The van der Waals surface area contributed by atoms with Gasteiger partial charge in [-0.25, -0.2) is 19.7 Å². The van der Waals surface area contributed by atoms with E-state index in [2.05, 4.69) is 25.6 Å². The maximum Gasteiger partial charge on any atom is 0.356 e. The third-order valence-electron chi connectivity index (χ3n) is 3.32. The number of carbonyl (C=O) groups is 3. The van der Waals surface area contributed by atoms with Crippen molar-refractivity contribution in [3.8, 4) is 11.3 Å². The number of aromatic carboxylic acids is 1. The fourth-order valence-electron chi connectivity index (χ4n) is 2.22. The van der Waals surface area contributed by atoms with Gasteiger partial charge < -0.3 is 15.7 Å². The molecule has 3 aromatic rings. The first-order valence-corrected chi connectivity index (χ1v) is 8.51. The number of benzene rings is 1. The van der Waals surface area contributed by atoms with E-state index in [4.69, 9.17) is 5.11 Å². The van der Waals surface area contributed by atoms with E-state index in [1.54, 1.807) is 29.6 Å². The minimum Gasteiger partial charge on any atom is -0.476 e. The van der Waals surface area contributed by atoms with Crippen LogP contribution in [0.4, 0.5) is 10.8 Å². The normalized spacial score (nSPS) is 10.3. The van der Waals surface area contributed by atoms with Crippen LogP contribution < -0.4 is 10.6 Å². The predicted molar refractivity (Wildman–Crippen MR) is 98.8 cm³/mol. The summed E-state index contributed by atoms with van der Waals surface area (Å²) in [6.07, 6.45) is 2.45. The summed E-state index contributed by atoms with van der Waals surface area (Å²) in [7, 11) is 0. The van der Waals surface area contributed by atoms with Crippen LogP contribution in [0.3, 0.4) is 0 Å². The molecule has 3 N–H and O–H groups in total. The molecule has 0 bridgehead atoms. The van der Waals surface area contributed by atoms with E-state index in [1.165, 1.54) is 30.7 Å². The third kappa shape index (κ3) is 4.30. The molecule has 0 saturated heterocycles. The lowest BCUT2D eigenvalue weighted by atomic mass is 10.1. The molecule has 0 aliphatic carbocycles. The zero-order valence-corrected chi connectivity index (χ0v) is 14.8. The molecule has 2 amide bonds. The van der Waals surface area contributed by atoms with E-state index in [0.717, 1.165) is 5.56 Å². The standard InChI is InChI=1S/C17H13N5O4S/c1-9(23)20-17-22-12(8-27-17)10-3-2-4-11(7-10)21-15(24)13-14(16(25)26)19-6-5-18-13/h2-8H,1H3,(H,21,24)(H,25,26)(H,20,22,23). The summed E-state index contributed by atoms with van der Waals surface area (Å²) in [5.74, 6) is -2.24.